The van der Waals surface area contributed by atoms with Crippen LogP contribution in [0.4, 0.5) is 0 Å². The normalized spacial score (nSPS) is 17.0. The molecule has 6 nitrogen and oxygen atoms in total. The summed E-state index contributed by atoms with van der Waals surface area (Å²) in [6, 6.07) is -0.302. The van der Waals surface area contributed by atoms with Crippen molar-refractivity contribution in [2.45, 2.75) is 33.2 Å². The number of thioether (sulfide) groups is 1. The van der Waals surface area contributed by atoms with E-state index in [1.165, 1.54) is 6.92 Å². The lowest BCUT2D eigenvalue weighted by molar-refractivity contribution is -0.132. The van der Waals surface area contributed by atoms with Crippen molar-refractivity contribution in [1.82, 2.24) is 4.90 Å². The van der Waals surface area contributed by atoms with Crippen LogP contribution in [-0.2, 0) is 14.4 Å². The second kappa shape index (κ2) is 10.4. The number of carboxylic acid groups (broad SMARTS) is 1. The zero-order valence-electron chi connectivity index (χ0n) is 12.7. The average Bonchev–Trinajstić information content (AvgIpc) is 2.97. The van der Waals surface area contributed by atoms with Crippen molar-refractivity contribution in [2.24, 2.45) is 11.7 Å². The van der Waals surface area contributed by atoms with Gasteiger partial charge < -0.3 is 15.7 Å². The SMILES string of the molecule is CC(=O)/C=C/C(=O)O.CC[C@@H](C)[C@H](N)C(=O)N1CCSC1. The number of amides is 1. The van der Waals surface area contributed by atoms with Crippen LogP contribution in [0, 0.1) is 5.92 Å². The van der Waals surface area contributed by atoms with Gasteiger partial charge in [0.05, 0.1) is 11.9 Å². The third kappa shape index (κ3) is 8.52. The molecular weight excluding hydrogens is 292 g/mol. The smallest absolute Gasteiger partial charge is 0.328 e. The van der Waals surface area contributed by atoms with Crippen molar-refractivity contribution in [3.05, 3.63) is 12.2 Å². The van der Waals surface area contributed by atoms with E-state index < -0.39 is 5.97 Å². The van der Waals surface area contributed by atoms with Gasteiger partial charge in [0.1, 0.15) is 0 Å². The Morgan fingerprint density at radius 1 is 1.38 bits per heavy atom. The summed E-state index contributed by atoms with van der Waals surface area (Å²) < 4.78 is 0. The molecule has 0 aromatic heterocycles. The molecule has 0 spiro atoms. The molecule has 0 unspecified atom stereocenters. The lowest BCUT2D eigenvalue weighted by Gasteiger charge is -2.23. The highest BCUT2D eigenvalue weighted by atomic mass is 32.2. The minimum absolute atomic E-state index is 0.124. The molecule has 1 aliphatic rings. The molecule has 0 aromatic rings. The maximum atomic E-state index is 11.7. The molecule has 0 saturated carbocycles. The van der Waals surface area contributed by atoms with Crippen LogP contribution < -0.4 is 5.73 Å². The van der Waals surface area contributed by atoms with Gasteiger partial charge in [0.2, 0.25) is 5.91 Å². The van der Waals surface area contributed by atoms with Crippen molar-refractivity contribution in [2.75, 3.05) is 18.2 Å². The Balaban J connectivity index is 0.000000433. The standard InChI is InChI=1S/C9H18N2OS.C5H6O3/c1-3-7(2)8(10)9(12)11-4-5-13-6-11;1-4(6)2-3-5(7)8/h7-8H,3-6,10H2,1-2H3;2-3H,1H3,(H,7,8)/b;3-2+/t7-,8+;/m1./s1. The fourth-order valence-electron chi connectivity index (χ4n) is 1.48. The topological polar surface area (TPSA) is 101 Å². The van der Waals surface area contributed by atoms with Crippen molar-refractivity contribution < 1.29 is 19.5 Å². The third-order valence-electron chi connectivity index (χ3n) is 3.07. The van der Waals surface area contributed by atoms with E-state index in [0.717, 1.165) is 36.7 Å². The average molecular weight is 316 g/mol. The lowest BCUT2D eigenvalue weighted by Crippen LogP contribution is -2.45. The molecule has 1 rings (SSSR count). The number of carbonyl (C=O) groups excluding carboxylic acids is 2. The third-order valence-corrected chi connectivity index (χ3v) is 4.03. The predicted molar refractivity (Wildman–Crippen MR) is 83.9 cm³/mol. The molecule has 0 aromatic carbocycles. The first-order valence-corrected chi connectivity index (χ1v) is 7.98. The van der Waals surface area contributed by atoms with Crippen LogP contribution in [0.5, 0.6) is 0 Å². The van der Waals surface area contributed by atoms with Gasteiger partial charge in [0.15, 0.2) is 5.78 Å². The highest BCUT2D eigenvalue weighted by molar-refractivity contribution is 7.99. The quantitative estimate of drug-likeness (QED) is 0.737. The van der Waals surface area contributed by atoms with Crippen LogP contribution in [0.15, 0.2) is 12.2 Å². The van der Waals surface area contributed by atoms with E-state index in [1.54, 1.807) is 11.8 Å². The molecule has 1 amide bonds. The molecule has 0 bridgehead atoms. The summed E-state index contributed by atoms with van der Waals surface area (Å²) in [6.07, 6.45) is 2.78. The first-order valence-electron chi connectivity index (χ1n) is 6.83. The van der Waals surface area contributed by atoms with E-state index in [1.807, 2.05) is 11.8 Å². The molecule has 1 saturated heterocycles. The lowest BCUT2D eigenvalue weighted by atomic mass is 9.99. The molecule has 2 atom stereocenters. The summed E-state index contributed by atoms with van der Waals surface area (Å²) >= 11 is 1.80. The van der Waals surface area contributed by atoms with E-state index in [4.69, 9.17) is 10.8 Å². The fourth-order valence-corrected chi connectivity index (χ4v) is 2.44. The molecule has 0 aliphatic carbocycles. The number of nitrogens with two attached hydrogens (primary N) is 1. The maximum absolute atomic E-state index is 11.7. The Kier molecular flexibility index (Phi) is 9.73. The van der Waals surface area contributed by atoms with Gasteiger partial charge in [0.25, 0.3) is 0 Å². The van der Waals surface area contributed by atoms with E-state index >= 15 is 0 Å². The molecule has 120 valence electrons. The number of carbonyl (C=O) groups is 3. The van der Waals surface area contributed by atoms with Crippen LogP contribution >= 0.6 is 11.8 Å². The van der Waals surface area contributed by atoms with Crippen molar-refractivity contribution in [3.8, 4) is 0 Å². The summed E-state index contributed by atoms with van der Waals surface area (Å²) in [4.78, 5) is 33.3. The van der Waals surface area contributed by atoms with Crippen molar-refractivity contribution in [1.29, 1.82) is 0 Å². The summed E-state index contributed by atoms with van der Waals surface area (Å²) in [5.41, 5.74) is 5.85. The van der Waals surface area contributed by atoms with Crippen LogP contribution in [0.1, 0.15) is 27.2 Å². The van der Waals surface area contributed by atoms with E-state index in [-0.39, 0.29) is 23.7 Å². The Morgan fingerprint density at radius 2 is 2.00 bits per heavy atom. The maximum Gasteiger partial charge on any atom is 0.328 e. The summed E-state index contributed by atoms with van der Waals surface area (Å²) in [5.74, 6) is 0.937. The summed E-state index contributed by atoms with van der Waals surface area (Å²) in [5, 5.41) is 7.92. The number of allylic oxidation sites excluding steroid dienone is 1. The van der Waals surface area contributed by atoms with Gasteiger partial charge in [0, 0.05) is 18.4 Å². The van der Waals surface area contributed by atoms with E-state index in [0.29, 0.717) is 0 Å². The van der Waals surface area contributed by atoms with Gasteiger partial charge in [-0.2, -0.15) is 0 Å². The number of carboxylic acids is 1. The zero-order chi connectivity index (χ0) is 16.4. The Morgan fingerprint density at radius 3 is 2.33 bits per heavy atom. The van der Waals surface area contributed by atoms with Gasteiger partial charge in [-0.25, -0.2) is 4.79 Å². The van der Waals surface area contributed by atoms with Crippen molar-refractivity contribution >= 4 is 29.4 Å². The van der Waals surface area contributed by atoms with Gasteiger partial charge >= 0.3 is 5.97 Å². The zero-order valence-corrected chi connectivity index (χ0v) is 13.6. The van der Waals surface area contributed by atoms with Crippen molar-refractivity contribution in [3.63, 3.8) is 0 Å². The minimum Gasteiger partial charge on any atom is -0.478 e. The molecule has 1 fully saturated rings. The van der Waals surface area contributed by atoms with Gasteiger partial charge in [-0.15, -0.1) is 11.8 Å². The molecule has 0 radical (unpaired) electrons. The Hall–Kier alpha value is -1.34. The number of rotatable bonds is 5. The number of hydrogen-bond donors (Lipinski definition) is 2. The number of ketones is 1. The Bertz CT molecular complexity index is 376. The first-order chi connectivity index (χ1) is 9.79. The molecule has 21 heavy (non-hydrogen) atoms. The predicted octanol–water partition coefficient (Wildman–Crippen LogP) is 1.11. The highest BCUT2D eigenvalue weighted by Crippen LogP contribution is 2.16. The largest absolute Gasteiger partial charge is 0.478 e. The number of nitrogens with zero attached hydrogens (tertiary/aromatic N) is 1. The van der Waals surface area contributed by atoms with Crippen LogP contribution in [-0.4, -0.2) is 51.9 Å². The molecule has 1 heterocycles. The van der Waals surface area contributed by atoms with Gasteiger partial charge in [-0.05, 0) is 18.9 Å². The monoisotopic (exact) mass is 316 g/mol. The summed E-state index contributed by atoms with van der Waals surface area (Å²) in [6.45, 7) is 6.26. The number of aliphatic carboxylic acids is 1. The molecule has 7 heteroatoms. The summed E-state index contributed by atoms with van der Waals surface area (Å²) in [7, 11) is 0. The molecule has 3 N–H and O–H groups in total. The second-order valence-electron chi connectivity index (χ2n) is 4.83. The number of hydrogen-bond acceptors (Lipinski definition) is 5. The molecule has 1 aliphatic heterocycles. The minimum atomic E-state index is -1.10. The van der Waals surface area contributed by atoms with Crippen LogP contribution in [0.3, 0.4) is 0 Å². The van der Waals surface area contributed by atoms with E-state index in [9.17, 15) is 14.4 Å². The van der Waals surface area contributed by atoms with Gasteiger partial charge in [-0.3, -0.25) is 9.59 Å². The van der Waals surface area contributed by atoms with E-state index in [2.05, 4.69) is 6.92 Å². The Labute approximate surface area is 129 Å². The fraction of sp³-hybridized carbons (Fsp3) is 0.643. The molecular formula is C14H24N2O4S. The van der Waals surface area contributed by atoms with Crippen LogP contribution in [0.2, 0.25) is 0 Å². The van der Waals surface area contributed by atoms with Crippen LogP contribution in [0.25, 0.3) is 0 Å². The second-order valence-corrected chi connectivity index (χ2v) is 5.91. The highest BCUT2D eigenvalue weighted by Gasteiger charge is 2.26. The van der Waals surface area contributed by atoms with Gasteiger partial charge in [-0.1, -0.05) is 20.3 Å². The first kappa shape index (κ1) is 19.7.